The molecule has 1 unspecified atom stereocenters. The van der Waals surface area contributed by atoms with Crippen molar-refractivity contribution in [1.29, 1.82) is 0 Å². The summed E-state index contributed by atoms with van der Waals surface area (Å²) < 4.78 is 10.8. The Morgan fingerprint density at radius 2 is 1.65 bits per heavy atom. The van der Waals surface area contributed by atoms with E-state index in [9.17, 15) is 14.7 Å². The molecule has 1 fully saturated rings. The van der Waals surface area contributed by atoms with Crippen molar-refractivity contribution in [2.45, 2.75) is 6.04 Å². The number of carbonyl (C=O) groups excluding carboxylic acids is 2. The van der Waals surface area contributed by atoms with E-state index in [1.165, 1.54) is 12.0 Å². The van der Waals surface area contributed by atoms with Gasteiger partial charge in [-0.25, -0.2) is 0 Å². The molecule has 7 heteroatoms. The maximum Gasteiger partial charge on any atom is 0.295 e. The molecule has 1 aliphatic heterocycles. The quantitative estimate of drug-likeness (QED) is 0.328. The Morgan fingerprint density at radius 1 is 0.941 bits per heavy atom. The fourth-order valence-corrected chi connectivity index (χ4v) is 4.28. The zero-order valence-corrected chi connectivity index (χ0v) is 19.7. The number of carbonyl (C=O) groups is 2. The molecule has 0 spiro atoms. The smallest absolute Gasteiger partial charge is 0.295 e. The van der Waals surface area contributed by atoms with Crippen molar-refractivity contribution < 1.29 is 24.2 Å². The van der Waals surface area contributed by atoms with Crippen LogP contribution < -0.4 is 9.47 Å². The molecule has 4 rings (SSSR count). The predicted molar refractivity (Wildman–Crippen MR) is 131 cm³/mol. The third kappa shape index (κ3) is 4.22. The normalized spacial score (nSPS) is 17.6. The Bertz CT molecular complexity index is 1280. The largest absolute Gasteiger partial charge is 0.507 e. The molecule has 3 aromatic carbocycles. The summed E-state index contributed by atoms with van der Waals surface area (Å²) in [6.45, 7) is 0.887. The van der Waals surface area contributed by atoms with Crippen LogP contribution in [-0.4, -0.2) is 68.0 Å². The molecule has 34 heavy (non-hydrogen) atoms. The molecule has 7 nitrogen and oxygen atoms in total. The van der Waals surface area contributed by atoms with Gasteiger partial charge in [0.1, 0.15) is 5.76 Å². The van der Waals surface area contributed by atoms with Crippen LogP contribution in [0.2, 0.25) is 0 Å². The average Bonchev–Trinajstić information content (AvgIpc) is 3.11. The molecule has 1 N–H and O–H groups in total. The number of hydrogen-bond donors (Lipinski definition) is 1. The molecule has 1 amide bonds. The van der Waals surface area contributed by atoms with Crippen LogP contribution in [0.15, 0.2) is 66.2 Å². The van der Waals surface area contributed by atoms with E-state index in [1.54, 1.807) is 31.4 Å². The van der Waals surface area contributed by atoms with E-state index in [1.807, 2.05) is 55.4 Å². The zero-order chi connectivity index (χ0) is 24.4. The number of benzene rings is 3. The lowest BCUT2D eigenvalue weighted by atomic mass is 9.94. The number of likely N-dealkylation sites (N-methyl/N-ethyl adjacent to an activating group) is 1. The van der Waals surface area contributed by atoms with E-state index in [0.717, 1.165) is 10.8 Å². The molecule has 1 atom stereocenters. The average molecular weight is 461 g/mol. The van der Waals surface area contributed by atoms with Crippen LogP contribution in [0, 0.1) is 0 Å². The number of aliphatic hydroxyl groups is 1. The van der Waals surface area contributed by atoms with Crippen LogP contribution in [-0.2, 0) is 9.59 Å². The van der Waals surface area contributed by atoms with Gasteiger partial charge in [0.25, 0.3) is 11.7 Å². The number of hydrogen-bond acceptors (Lipinski definition) is 6. The van der Waals surface area contributed by atoms with Crippen LogP contribution in [0.1, 0.15) is 17.2 Å². The van der Waals surface area contributed by atoms with Crippen molar-refractivity contribution in [3.63, 3.8) is 0 Å². The fraction of sp³-hybridized carbons (Fsp3) is 0.259. The van der Waals surface area contributed by atoms with E-state index in [0.29, 0.717) is 35.7 Å². The number of methoxy groups -OCH3 is 2. The van der Waals surface area contributed by atoms with Gasteiger partial charge in [-0.15, -0.1) is 0 Å². The monoisotopic (exact) mass is 460 g/mol. The summed E-state index contributed by atoms with van der Waals surface area (Å²) in [5.74, 6) is -0.528. The molecule has 0 bridgehead atoms. The van der Waals surface area contributed by atoms with Crippen molar-refractivity contribution in [2.75, 3.05) is 41.4 Å². The lowest BCUT2D eigenvalue weighted by Crippen LogP contribution is -2.35. The van der Waals surface area contributed by atoms with Gasteiger partial charge in [0.2, 0.25) is 0 Å². The highest BCUT2D eigenvalue weighted by Crippen LogP contribution is 2.42. The Labute approximate surface area is 198 Å². The van der Waals surface area contributed by atoms with Gasteiger partial charge in [-0.3, -0.25) is 9.59 Å². The van der Waals surface area contributed by atoms with Gasteiger partial charge in [0.05, 0.1) is 25.8 Å². The number of rotatable bonds is 7. The van der Waals surface area contributed by atoms with Gasteiger partial charge in [-0.1, -0.05) is 42.5 Å². The van der Waals surface area contributed by atoms with E-state index in [4.69, 9.17) is 9.47 Å². The van der Waals surface area contributed by atoms with Gasteiger partial charge in [0, 0.05) is 18.7 Å². The maximum absolute atomic E-state index is 13.2. The minimum atomic E-state index is -0.758. The first-order valence-electron chi connectivity index (χ1n) is 11.0. The van der Waals surface area contributed by atoms with Crippen molar-refractivity contribution in [3.05, 3.63) is 77.4 Å². The van der Waals surface area contributed by atoms with Crippen LogP contribution in [0.25, 0.3) is 16.5 Å². The minimum Gasteiger partial charge on any atom is -0.507 e. The summed E-state index contributed by atoms with van der Waals surface area (Å²) in [6, 6.07) is 17.7. The summed E-state index contributed by atoms with van der Waals surface area (Å²) in [5, 5.41) is 13.3. The molecule has 0 aromatic heterocycles. The minimum absolute atomic E-state index is 0.0613. The van der Waals surface area contributed by atoms with Gasteiger partial charge in [0.15, 0.2) is 11.5 Å². The van der Waals surface area contributed by atoms with Crippen LogP contribution in [0.3, 0.4) is 0 Å². The number of nitrogens with zero attached hydrogens (tertiary/aromatic N) is 2. The molecule has 0 radical (unpaired) electrons. The number of amides is 1. The SMILES string of the molecule is COc1ccc(C2/C(=C(\O)c3ccc4ccccc4c3)C(=O)C(=O)N2CCN(C)C)cc1OC. The fourth-order valence-electron chi connectivity index (χ4n) is 4.28. The van der Waals surface area contributed by atoms with Crippen molar-refractivity contribution in [2.24, 2.45) is 0 Å². The Hall–Kier alpha value is -3.84. The predicted octanol–water partition coefficient (Wildman–Crippen LogP) is 3.84. The van der Waals surface area contributed by atoms with E-state index in [2.05, 4.69) is 0 Å². The summed E-state index contributed by atoms with van der Waals surface area (Å²) in [4.78, 5) is 29.8. The molecule has 0 aliphatic carbocycles. The number of ether oxygens (including phenoxy) is 2. The van der Waals surface area contributed by atoms with Gasteiger partial charge in [-0.2, -0.15) is 0 Å². The molecule has 176 valence electrons. The third-order valence-electron chi connectivity index (χ3n) is 6.07. The Morgan fingerprint density at radius 3 is 2.32 bits per heavy atom. The molecule has 3 aromatic rings. The Balaban J connectivity index is 1.88. The van der Waals surface area contributed by atoms with Crippen LogP contribution in [0.5, 0.6) is 11.5 Å². The van der Waals surface area contributed by atoms with Gasteiger partial charge < -0.3 is 24.4 Å². The second kappa shape index (κ2) is 9.57. The maximum atomic E-state index is 13.2. The number of ketones is 1. The number of fused-ring (bicyclic) bond motifs is 1. The second-order valence-electron chi connectivity index (χ2n) is 8.47. The summed E-state index contributed by atoms with van der Waals surface area (Å²) in [6.07, 6.45) is 0. The number of aliphatic hydroxyl groups excluding tert-OH is 1. The van der Waals surface area contributed by atoms with Crippen molar-refractivity contribution >= 4 is 28.2 Å². The topological polar surface area (TPSA) is 79.3 Å². The highest BCUT2D eigenvalue weighted by Gasteiger charge is 2.46. The summed E-state index contributed by atoms with van der Waals surface area (Å²) >= 11 is 0. The molecular weight excluding hydrogens is 432 g/mol. The van der Waals surface area contributed by atoms with Crippen LogP contribution >= 0.6 is 0 Å². The molecule has 1 saturated heterocycles. The number of likely N-dealkylation sites (tertiary alicyclic amines) is 1. The van der Waals surface area contributed by atoms with Crippen molar-refractivity contribution in [3.8, 4) is 11.5 Å². The zero-order valence-electron chi connectivity index (χ0n) is 19.7. The second-order valence-corrected chi connectivity index (χ2v) is 8.47. The first kappa shape index (κ1) is 23.3. The van der Waals surface area contributed by atoms with E-state index >= 15 is 0 Å². The summed E-state index contributed by atoms with van der Waals surface area (Å²) in [7, 11) is 6.87. The first-order chi connectivity index (χ1) is 16.3. The third-order valence-corrected chi connectivity index (χ3v) is 6.07. The first-order valence-corrected chi connectivity index (χ1v) is 11.0. The summed E-state index contributed by atoms with van der Waals surface area (Å²) in [5.41, 5.74) is 1.19. The lowest BCUT2D eigenvalue weighted by molar-refractivity contribution is -0.140. The van der Waals surface area contributed by atoms with Gasteiger partial charge >= 0.3 is 0 Å². The highest BCUT2D eigenvalue weighted by atomic mass is 16.5. The standard InChI is InChI=1S/C27H28N2O5/c1-28(2)13-14-29-24(19-11-12-21(33-3)22(16-19)34-4)23(26(31)27(29)32)25(30)20-10-9-17-7-5-6-8-18(17)15-20/h5-12,15-16,24,30H,13-14H2,1-4H3/b25-23+. The lowest BCUT2D eigenvalue weighted by Gasteiger charge is -2.27. The van der Waals surface area contributed by atoms with Crippen molar-refractivity contribution in [1.82, 2.24) is 9.80 Å². The molecule has 1 aliphatic rings. The Kier molecular flexibility index (Phi) is 6.56. The molecule has 0 saturated carbocycles. The number of Topliss-reactive ketones (excluding diaryl/α,β-unsaturated/α-hetero) is 1. The molecular formula is C27H28N2O5. The molecule has 1 heterocycles. The van der Waals surface area contributed by atoms with Gasteiger partial charge in [-0.05, 0) is 48.6 Å². The van der Waals surface area contributed by atoms with E-state index in [-0.39, 0.29) is 11.3 Å². The van der Waals surface area contributed by atoms with E-state index < -0.39 is 17.7 Å². The highest BCUT2D eigenvalue weighted by molar-refractivity contribution is 6.46. The van der Waals surface area contributed by atoms with Crippen LogP contribution in [0.4, 0.5) is 0 Å².